The SMILES string of the molecule is O=C(CSc1ccc2ccccc2n1)NC1CCCCCC1. The van der Waals surface area contributed by atoms with Crippen molar-refractivity contribution in [3.05, 3.63) is 36.4 Å². The number of para-hydroxylation sites is 1. The number of amides is 1. The Bertz CT molecular complexity index is 636. The quantitative estimate of drug-likeness (QED) is 0.680. The van der Waals surface area contributed by atoms with Gasteiger partial charge >= 0.3 is 0 Å². The number of carbonyl (C=O) groups excluding carboxylic acids is 1. The average Bonchev–Trinajstić information content (AvgIpc) is 2.81. The van der Waals surface area contributed by atoms with Crippen LogP contribution in [0.3, 0.4) is 0 Å². The van der Waals surface area contributed by atoms with Gasteiger partial charge in [0.05, 0.1) is 16.3 Å². The zero-order valence-corrected chi connectivity index (χ0v) is 13.6. The van der Waals surface area contributed by atoms with E-state index in [9.17, 15) is 4.79 Å². The summed E-state index contributed by atoms with van der Waals surface area (Å²) in [5, 5.41) is 5.22. The molecule has 0 spiro atoms. The molecule has 0 bridgehead atoms. The summed E-state index contributed by atoms with van der Waals surface area (Å²) in [7, 11) is 0. The molecular formula is C18H22N2OS. The van der Waals surface area contributed by atoms with Crippen LogP contribution < -0.4 is 5.32 Å². The summed E-state index contributed by atoms with van der Waals surface area (Å²) in [6.07, 6.45) is 7.36. The van der Waals surface area contributed by atoms with Crippen LogP contribution in [-0.2, 0) is 4.79 Å². The van der Waals surface area contributed by atoms with Gasteiger partial charge in [-0.1, -0.05) is 61.7 Å². The molecule has 1 fully saturated rings. The smallest absolute Gasteiger partial charge is 0.230 e. The standard InChI is InChI=1S/C18H22N2OS/c21-17(19-15-8-3-1-2-4-9-15)13-22-18-12-11-14-7-5-6-10-16(14)20-18/h5-7,10-12,15H,1-4,8-9,13H2,(H,19,21). The average molecular weight is 314 g/mol. The van der Waals surface area contributed by atoms with Gasteiger partial charge in [-0.3, -0.25) is 4.79 Å². The van der Waals surface area contributed by atoms with Gasteiger partial charge in [0.15, 0.2) is 0 Å². The molecule has 1 aromatic heterocycles. The predicted molar refractivity (Wildman–Crippen MR) is 92.1 cm³/mol. The van der Waals surface area contributed by atoms with E-state index in [0.717, 1.165) is 28.8 Å². The summed E-state index contributed by atoms with van der Waals surface area (Å²) in [5.74, 6) is 0.578. The lowest BCUT2D eigenvalue weighted by Crippen LogP contribution is -2.35. The summed E-state index contributed by atoms with van der Waals surface area (Å²) in [6.45, 7) is 0. The summed E-state index contributed by atoms with van der Waals surface area (Å²) < 4.78 is 0. The Morgan fingerprint density at radius 3 is 2.68 bits per heavy atom. The van der Waals surface area contributed by atoms with Crippen molar-refractivity contribution >= 4 is 28.6 Å². The summed E-state index contributed by atoms with van der Waals surface area (Å²) in [6, 6.07) is 12.5. The fourth-order valence-electron chi connectivity index (χ4n) is 2.96. The van der Waals surface area contributed by atoms with Crippen LogP contribution >= 0.6 is 11.8 Å². The molecule has 1 aliphatic carbocycles. The normalized spacial score (nSPS) is 16.4. The molecule has 2 aromatic rings. The van der Waals surface area contributed by atoms with Gasteiger partial charge in [0.2, 0.25) is 5.91 Å². The van der Waals surface area contributed by atoms with Gasteiger partial charge in [-0.15, -0.1) is 0 Å². The third-order valence-electron chi connectivity index (χ3n) is 4.14. The van der Waals surface area contributed by atoms with E-state index in [0.29, 0.717) is 11.8 Å². The number of nitrogens with zero attached hydrogens (tertiary/aromatic N) is 1. The van der Waals surface area contributed by atoms with Gasteiger partial charge < -0.3 is 5.32 Å². The molecule has 0 atom stereocenters. The van der Waals surface area contributed by atoms with Crippen LogP contribution in [0, 0.1) is 0 Å². The Morgan fingerprint density at radius 2 is 1.86 bits per heavy atom. The van der Waals surface area contributed by atoms with Crippen molar-refractivity contribution in [3.8, 4) is 0 Å². The number of carbonyl (C=O) groups is 1. The molecule has 1 aromatic carbocycles. The molecule has 1 heterocycles. The largest absolute Gasteiger partial charge is 0.353 e. The van der Waals surface area contributed by atoms with Crippen LogP contribution in [-0.4, -0.2) is 22.7 Å². The Morgan fingerprint density at radius 1 is 1.09 bits per heavy atom. The second-order valence-corrected chi connectivity index (χ2v) is 6.88. The maximum atomic E-state index is 12.1. The van der Waals surface area contributed by atoms with E-state index in [1.165, 1.54) is 37.4 Å². The Hall–Kier alpha value is -1.55. The summed E-state index contributed by atoms with van der Waals surface area (Å²) >= 11 is 1.51. The first-order chi connectivity index (χ1) is 10.8. The van der Waals surface area contributed by atoms with Crippen molar-refractivity contribution in [2.24, 2.45) is 0 Å². The molecule has 0 aliphatic heterocycles. The predicted octanol–water partition coefficient (Wildman–Crippen LogP) is 4.17. The number of hydrogen-bond acceptors (Lipinski definition) is 3. The third kappa shape index (κ3) is 4.23. The van der Waals surface area contributed by atoms with Crippen molar-refractivity contribution in [3.63, 3.8) is 0 Å². The molecule has 3 rings (SSSR count). The highest BCUT2D eigenvalue weighted by Gasteiger charge is 2.14. The Kier molecular flexibility index (Phi) is 5.33. The second kappa shape index (κ2) is 7.63. The number of hydrogen-bond donors (Lipinski definition) is 1. The Labute approximate surface area is 135 Å². The molecule has 1 N–H and O–H groups in total. The number of aromatic nitrogens is 1. The van der Waals surface area contributed by atoms with Crippen LogP contribution in [0.2, 0.25) is 0 Å². The van der Waals surface area contributed by atoms with E-state index in [4.69, 9.17) is 0 Å². The molecule has 1 aliphatic rings. The summed E-state index contributed by atoms with van der Waals surface area (Å²) in [5.41, 5.74) is 0.983. The van der Waals surface area contributed by atoms with E-state index in [-0.39, 0.29) is 5.91 Å². The second-order valence-electron chi connectivity index (χ2n) is 5.89. The van der Waals surface area contributed by atoms with Crippen LogP contribution in [0.5, 0.6) is 0 Å². The third-order valence-corrected chi connectivity index (χ3v) is 5.07. The van der Waals surface area contributed by atoms with Crippen LogP contribution in [0.1, 0.15) is 38.5 Å². The molecule has 3 nitrogen and oxygen atoms in total. The van der Waals surface area contributed by atoms with Gasteiger partial charge in [0.1, 0.15) is 0 Å². The molecule has 1 saturated carbocycles. The van der Waals surface area contributed by atoms with Gasteiger partial charge in [-0.25, -0.2) is 4.98 Å². The first kappa shape index (κ1) is 15.3. The van der Waals surface area contributed by atoms with Crippen molar-refractivity contribution in [2.45, 2.75) is 49.6 Å². The minimum Gasteiger partial charge on any atom is -0.353 e. The summed E-state index contributed by atoms with van der Waals surface area (Å²) in [4.78, 5) is 16.7. The van der Waals surface area contributed by atoms with E-state index in [1.54, 1.807) is 0 Å². The highest BCUT2D eigenvalue weighted by atomic mass is 32.2. The Balaban J connectivity index is 1.53. The number of thioether (sulfide) groups is 1. The highest BCUT2D eigenvalue weighted by Crippen LogP contribution is 2.20. The van der Waals surface area contributed by atoms with E-state index in [1.807, 2.05) is 24.3 Å². The molecular weight excluding hydrogens is 292 g/mol. The van der Waals surface area contributed by atoms with Gasteiger partial charge in [-0.05, 0) is 25.0 Å². The molecule has 0 unspecified atom stereocenters. The topological polar surface area (TPSA) is 42.0 Å². The maximum Gasteiger partial charge on any atom is 0.230 e. The molecule has 116 valence electrons. The highest BCUT2D eigenvalue weighted by molar-refractivity contribution is 7.99. The first-order valence-corrected chi connectivity index (χ1v) is 9.08. The van der Waals surface area contributed by atoms with E-state index >= 15 is 0 Å². The molecule has 0 radical (unpaired) electrons. The number of pyridine rings is 1. The van der Waals surface area contributed by atoms with Crippen LogP contribution in [0.15, 0.2) is 41.4 Å². The van der Waals surface area contributed by atoms with E-state index < -0.39 is 0 Å². The van der Waals surface area contributed by atoms with Gasteiger partial charge in [0, 0.05) is 11.4 Å². The molecule has 1 amide bonds. The van der Waals surface area contributed by atoms with Gasteiger partial charge in [0.25, 0.3) is 0 Å². The van der Waals surface area contributed by atoms with E-state index in [2.05, 4.69) is 22.4 Å². The lowest BCUT2D eigenvalue weighted by atomic mass is 10.1. The number of nitrogens with one attached hydrogen (secondary N) is 1. The zero-order chi connectivity index (χ0) is 15.2. The number of rotatable bonds is 4. The molecule has 0 saturated heterocycles. The minimum absolute atomic E-state index is 0.131. The number of fused-ring (bicyclic) bond motifs is 1. The lowest BCUT2D eigenvalue weighted by Gasteiger charge is -2.15. The fraction of sp³-hybridized carbons (Fsp3) is 0.444. The molecule has 22 heavy (non-hydrogen) atoms. The lowest BCUT2D eigenvalue weighted by molar-refractivity contribution is -0.119. The van der Waals surface area contributed by atoms with Crippen molar-refractivity contribution in [1.29, 1.82) is 0 Å². The van der Waals surface area contributed by atoms with Crippen molar-refractivity contribution < 1.29 is 4.79 Å². The van der Waals surface area contributed by atoms with Crippen molar-refractivity contribution in [2.75, 3.05) is 5.75 Å². The van der Waals surface area contributed by atoms with Crippen LogP contribution in [0.4, 0.5) is 0 Å². The molecule has 4 heteroatoms. The number of benzene rings is 1. The fourth-order valence-corrected chi connectivity index (χ4v) is 3.65. The van der Waals surface area contributed by atoms with Gasteiger partial charge in [-0.2, -0.15) is 0 Å². The first-order valence-electron chi connectivity index (χ1n) is 8.09. The van der Waals surface area contributed by atoms with Crippen molar-refractivity contribution in [1.82, 2.24) is 10.3 Å². The maximum absolute atomic E-state index is 12.1. The minimum atomic E-state index is 0.131. The van der Waals surface area contributed by atoms with Crippen LogP contribution in [0.25, 0.3) is 10.9 Å². The zero-order valence-electron chi connectivity index (χ0n) is 12.8. The monoisotopic (exact) mass is 314 g/mol.